The van der Waals surface area contributed by atoms with Crippen molar-refractivity contribution in [3.8, 4) is 5.75 Å². The zero-order valence-corrected chi connectivity index (χ0v) is 10.3. The highest BCUT2D eigenvalue weighted by molar-refractivity contribution is 5.76. The number of benzene rings is 1. The maximum absolute atomic E-state index is 7.11. The molecular formula is C13H20N2O. The molecule has 1 aromatic carbocycles. The molecule has 0 heterocycles. The molecule has 1 rings (SSSR count). The van der Waals surface area contributed by atoms with E-state index in [4.69, 9.17) is 15.9 Å². The van der Waals surface area contributed by atoms with Gasteiger partial charge in [-0.1, -0.05) is 6.07 Å². The van der Waals surface area contributed by atoms with E-state index >= 15 is 0 Å². The van der Waals surface area contributed by atoms with E-state index in [1.165, 1.54) is 16.7 Å². The maximum Gasteiger partial charge on any atom is 0.122 e. The Morgan fingerprint density at radius 2 is 2.00 bits per heavy atom. The van der Waals surface area contributed by atoms with E-state index in [0.717, 1.165) is 12.2 Å². The Labute approximate surface area is 97.1 Å². The number of rotatable bonds is 5. The van der Waals surface area contributed by atoms with Gasteiger partial charge < -0.3 is 10.5 Å². The molecule has 0 radical (unpaired) electrons. The lowest BCUT2D eigenvalue weighted by Crippen LogP contribution is -2.11. The van der Waals surface area contributed by atoms with Crippen molar-refractivity contribution < 1.29 is 4.74 Å². The summed E-state index contributed by atoms with van der Waals surface area (Å²) in [4.78, 5) is 0. The van der Waals surface area contributed by atoms with E-state index in [0.29, 0.717) is 13.0 Å². The van der Waals surface area contributed by atoms with Gasteiger partial charge >= 0.3 is 0 Å². The largest absolute Gasteiger partial charge is 0.493 e. The molecule has 1 aromatic rings. The second-order valence-electron chi connectivity index (χ2n) is 4.18. The molecule has 0 aliphatic carbocycles. The molecule has 16 heavy (non-hydrogen) atoms. The summed E-state index contributed by atoms with van der Waals surface area (Å²) in [6.45, 7) is 6.83. The van der Waals surface area contributed by atoms with Crippen LogP contribution in [-0.4, -0.2) is 12.4 Å². The number of aryl methyl sites for hydroxylation is 2. The SMILES string of the molecule is Cc1cc(C)c(C)c(OCCCC(=N)N)c1. The number of nitrogens with two attached hydrogens (primary N) is 1. The zero-order valence-electron chi connectivity index (χ0n) is 10.3. The van der Waals surface area contributed by atoms with E-state index < -0.39 is 0 Å². The molecule has 0 aromatic heterocycles. The lowest BCUT2D eigenvalue weighted by Gasteiger charge is -2.12. The van der Waals surface area contributed by atoms with Gasteiger partial charge in [-0.2, -0.15) is 0 Å². The Bertz CT molecular complexity index is 386. The van der Waals surface area contributed by atoms with Crippen LogP contribution in [0.5, 0.6) is 5.75 Å². The van der Waals surface area contributed by atoms with Gasteiger partial charge in [0.15, 0.2) is 0 Å². The number of hydrogen-bond acceptors (Lipinski definition) is 2. The molecule has 0 saturated heterocycles. The van der Waals surface area contributed by atoms with E-state index in [1.807, 2.05) is 0 Å². The minimum Gasteiger partial charge on any atom is -0.493 e. The van der Waals surface area contributed by atoms with Crippen LogP contribution in [0.25, 0.3) is 0 Å². The Morgan fingerprint density at radius 1 is 1.31 bits per heavy atom. The smallest absolute Gasteiger partial charge is 0.122 e. The summed E-state index contributed by atoms with van der Waals surface area (Å²) < 4.78 is 5.70. The van der Waals surface area contributed by atoms with E-state index in [1.54, 1.807) is 0 Å². The van der Waals surface area contributed by atoms with Crippen molar-refractivity contribution in [3.63, 3.8) is 0 Å². The number of amidine groups is 1. The van der Waals surface area contributed by atoms with Gasteiger partial charge in [-0.25, -0.2) is 0 Å². The van der Waals surface area contributed by atoms with Gasteiger partial charge in [0, 0.05) is 6.42 Å². The molecule has 0 saturated carbocycles. The van der Waals surface area contributed by atoms with Gasteiger partial charge in [0.25, 0.3) is 0 Å². The lowest BCUT2D eigenvalue weighted by atomic mass is 10.1. The fourth-order valence-electron chi connectivity index (χ4n) is 1.60. The minimum absolute atomic E-state index is 0.223. The number of ether oxygens (including phenoxy) is 1. The number of nitrogens with one attached hydrogen (secondary N) is 1. The van der Waals surface area contributed by atoms with Gasteiger partial charge in [0.2, 0.25) is 0 Å². The Morgan fingerprint density at radius 3 is 2.62 bits per heavy atom. The molecular weight excluding hydrogens is 200 g/mol. The molecule has 0 spiro atoms. The second kappa shape index (κ2) is 5.54. The van der Waals surface area contributed by atoms with Crippen LogP contribution in [0.1, 0.15) is 29.5 Å². The fraction of sp³-hybridized carbons (Fsp3) is 0.462. The highest BCUT2D eigenvalue weighted by atomic mass is 16.5. The standard InChI is InChI=1S/C13H20N2O/c1-9-7-10(2)11(3)12(8-9)16-6-4-5-13(14)15/h7-8H,4-6H2,1-3H3,(H3,14,15). The Kier molecular flexibility index (Phi) is 4.35. The molecule has 3 nitrogen and oxygen atoms in total. The minimum atomic E-state index is 0.223. The van der Waals surface area contributed by atoms with Crippen molar-refractivity contribution in [2.45, 2.75) is 33.6 Å². The predicted molar refractivity (Wildman–Crippen MR) is 67.3 cm³/mol. The quantitative estimate of drug-likeness (QED) is 0.455. The van der Waals surface area contributed by atoms with Gasteiger partial charge in [-0.15, -0.1) is 0 Å². The van der Waals surface area contributed by atoms with E-state index in [-0.39, 0.29) is 5.84 Å². The van der Waals surface area contributed by atoms with Crippen LogP contribution < -0.4 is 10.5 Å². The molecule has 0 aliphatic rings. The number of hydrogen-bond donors (Lipinski definition) is 2. The zero-order chi connectivity index (χ0) is 12.1. The van der Waals surface area contributed by atoms with Crippen LogP contribution in [0.15, 0.2) is 12.1 Å². The Hall–Kier alpha value is -1.51. The van der Waals surface area contributed by atoms with Crippen molar-refractivity contribution in [1.29, 1.82) is 5.41 Å². The molecule has 3 heteroatoms. The molecule has 0 aliphatic heterocycles. The summed E-state index contributed by atoms with van der Waals surface area (Å²) in [5.74, 6) is 1.17. The normalized spacial score (nSPS) is 10.2. The first-order chi connectivity index (χ1) is 7.50. The van der Waals surface area contributed by atoms with Gasteiger partial charge in [-0.05, 0) is 49.9 Å². The monoisotopic (exact) mass is 220 g/mol. The van der Waals surface area contributed by atoms with Crippen LogP contribution in [0, 0.1) is 26.2 Å². The molecule has 0 unspecified atom stereocenters. The van der Waals surface area contributed by atoms with Crippen LogP contribution in [0.4, 0.5) is 0 Å². The van der Waals surface area contributed by atoms with Gasteiger partial charge in [0.1, 0.15) is 5.75 Å². The summed E-state index contributed by atoms with van der Waals surface area (Å²) in [5.41, 5.74) is 8.93. The lowest BCUT2D eigenvalue weighted by molar-refractivity contribution is 0.311. The highest BCUT2D eigenvalue weighted by Crippen LogP contribution is 2.23. The third kappa shape index (κ3) is 3.57. The van der Waals surface area contributed by atoms with Crippen molar-refractivity contribution in [2.75, 3.05) is 6.61 Å². The van der Waals surface area contributed by atoms with Crippen LogP contribution in [0.2, 0.25) is 0 Å². The van der Waals surface area contributed by atoms with Crippen molar-refractivity contribution in [3.05, 3.63) is 28.8 Å². The van der Waals surface area contributed by atoms with Crippen molar-refractivity contribution >= 4 is 5.84 Å². The van der Waals surface area contributed by atoms with Crippen molar-refractivity contribution in [1.82, 2.24) is 0 Å². The summed E-state index contributed by atoms with van der Waals surface area (Å²) in [6, 6.07) is 4.20. The highest BCUT2D eigenvalue weighted by Gasteiger charge is 2.03. The fourth-order valence-corrected chi connectivity index (χ4v) is 1.60. The summed E-state index contributed by atoms with van der Waals surface area (Å²) in [6.07, 6.45) is 1.39. The maximum atomic E-state index is 7.11. The molecule has 0 fully saturated rings. The van der Waals surface area contributed by atoms with Crippen LogP contribution in [0.3, 0.4) is 0 Å². The molecule has 88 valence electrons. The summed E-state index contributed by atoms with van der Waals surface area (Å²) in [5, 5.41) is 7.11. The average molecular weight is 220 g/mol. The van der Waals surface area contributed by atoms with E-state index in [2.05, 4.69) is 32.9 Å². The van der Waals surface area contributed by atoms with Crippen LogP contribution >= 0.6 is 0 Å². The first-order valence-corrected chi connectivity index (χ1v) is 5.54. The van der Waals surface area contributed by atoms with Crippen molar-refractivity contribution in [2.24, 2.45) is 5.73 Å². The predicted octanol–water partition coefficient (Wildman–Crippen LogP) is 2.71. The van der Waals surface area contributed by atoms with Crippen LogP contribution in [-0.2, 0) is 0 Å². The average Bonchev–Trinajstić information content (AvgIpc) is 2.19. The first kappa shape index (κ1) is 12.6. The molecule has 0 atom stereocenters. The summed E-state index contributed by atoms with van der Waals surface area (Å²) in [7, 11) is 0. The third-order valence-corrected chi connectivity index (χ3v) is 2.61. The van der Waals surface area contributed by atoms with Gasteiger partial charge in [-0.3, -0.25) is 5.41 Å². The third-order valence-electron chi connectivity index (χ3n) is 2.61. The molecule has 3 N–H and O–H groups in total. The molecule has 0 bridgehead atoms. The van der Waals surface area contributed by atoms with Gasteiger partial charge in [0.05, 0.1) is 12.4 Å². The second-order valence-corrected chi connectivity index (χ2v) is 4.18. The topological polar surface area (TPSA) is 59.1 Å². The Balaban J connectivity index is 2.57. The first-order valence-electron chi connectivity index (χ1n) is 5.54. The summed E-state index contributed by atoms with van der Waals surface area (Å²) >= 11 is 0. The molecule has 0 amide bonds. The van der Waals surface area contributed by atoms with E-state index in [9.17, 15) is 0 Å².